The van der Waals surface area contributed by atoms with E-state index in [0.29, 0.717) is 17.9 Å². The molecule has 1 amide bonds. The zero-order valence-corrected chi connectivity index (χ0v) is 20.9. The highest BCUT2D eigenvalue weighted by Crippen LogP contribution is 2.26. The number of carbonyl (C=O) groups is 1. The van der Waals surface area contributed by atoms with Crippen molar-refractivity contribution >= 4 is 23.5 Å². The fourth-order valence-electron chi connectivity index (χ4n) is 4.27. The van der Waals surface area contributed by atoms with Crippen LogP contribution in [0.2, 0.25) is 0 Å². The van der Waals surface area contributed by atoms with Crippen molar-refractivity contribution in [3.8, 4) is 5.69 Å². The molecular weight excluding hydrogens is 470 g/mol. The van der Waals surface area contributed by atoms with Crippen molar-refractivity contribution in [2.75, 3.05) is 18.0 Å². The summed E-state index contributed by atoms with van der Waals surface area (Å²) >= 11 is 1.54. The molecule has 2 aromatic carbocycles. The highest BCUT2D eigenvalue weighted by atomic mass is 32.2. The molecule has 0 unspecified atom stereocenters. The van der Waals surface area contributed by atoms with Crippen molar-refractivity contribution in [1.82, 2.24) is 30.5 Å². The molecular formula is C27H29N7OS. The largest absolute Gasteiger partial charge is 0.357 e. The molecule has 0 atom stereocenters. The Morgan fingerprint density at radius 1 is 0.917 bits per heavy atom. The number of amides is 1. The minimum absolute atomic E-state index is 0.114. The second-order valence-electron chi connectivity index (χ2n) is 8.74. The molecule has 1 fully saturated rings. The number of rotatable bonds is 8. The van der Waals surface area contributed by atoms with Gasteiger partial charge in [-0.2, -0.15) is 4.68 Å². The number of nitrogens with zero attached hydrogens (tertiary/aromatic N) is 6. The molecule has 1 aliphatic heterocycles. The first-order valence-electron chi connectivity index (χ1n) is 12.3. The van der Waals surface area contributed by atoms with Gasteiger partial charge < -0.3 is 10.2 Å². The van der Waals surface area contributed by atoms with Crippen LogP contribution in [-0.2, 0) is 12.3 Å². The van der Waals surface area contributed by atoms with Crippen LogP contribution in [-0.4, -0.2) is 44.2 Å². The third kappa shape index (κ3) is 5.91. The van der Waals surface area contributed by atoms with Crippen LogP contribution in [0.1, 0.15) is 47.4 Å². The number of benzene rings is 2. The van der Waals surface area contributed by atoms with Crippen molar-refractivity contribution < 1.29 is 4.79 Å². The lowest BCUT2D eigenvalue weighted by Crippen LogP contribution is -2.25. The van der Waals surface area contributed by atoms with E-state index in [4.69, 9.17) is 0 Å². The molecule has 8 nitrogen and oxygen atoms in total. The van der Waals surface area contributed by atoms with Crippen LogP contribution in [0.3, 0.4) is 0 Å². The van der Waals surface area contributed by atoms with E-state index in [1.165, 1.54) is 25.7 Å². The van der Waals surface area contributed by atoms with Crippen LogP contribution in [0.25, 0.3) is 5.69 Å². The Labute approximate surface area is 215 Å². The predicted octanol–water partition coefficient (Wildman–Crippen LogP) is 4.66. The predicted molar refractivity (Wildman–Crippen MR) is 141 cm³/mol. The van der Waals surface area contributed by atoms with Crippen LogP contribution in [0, 0.1) is 0 Å². The fraction of sp³-hybridized carbons (Fsp3) is 0.296. The number of thioether (sulfide) groups is 1. The number of hydrogen-bond donors (Lipinski definition) is 1. The van der Waals surface area contributed by atoms with Gasteiger partial charge in [0.25, 0.3) is 5.91 Å². The van der Waals surface area contributed by atoms with E-state index in [1.807, 2.05) is 60.8 Å². The number of nitrogens with one attached hydrogen (secondary N) is 1. The van der Waals surface area contributed by atoms with Crippen LogP contribution in [0.5, 0.6) is 0 Å². The number of pyridine rings is 1. The molecule has 1 N–H and O–H groups in total. The number of carbonyl (C=O) groups excluding carboxylic acids is 1. The average molecular weight is 500 g/mol. The minimum Gasteiger partial charge on any atom is -0.357 e. The van der Waals surface area contributed by atoms with Gasteiger partial charge in [-0.3, -0.25) is 4.79 Å². The molecule has 1 saturated heterocycles. The Morgan fingerprint density at radius 3 is 2.47 bits per heavy atom. The molecule has 0 saturated carbocycles. The maximum absolute atomic E-state index is 13.0. The smallest absolute Gasteiger partial charge is 0.252 e. The number of aromatic nitrogens is 5. The Morgan fingerprint density at radius 2 is 1.69 bits per heavy atom. The molecule has 184 valence electrons. The van der Waals surface area contributed by atoms with Crippen molar-refractivity contribution in [2.45, 2.75) is 42.9 Å². The summed E-state index contributed by atoms with van der Waals surface area (Å²) in [6.45, 7) is 2.56. The molecule has 0 spiro atoms. The Kier molecular flexibility index (Phi) is 7.87. The topological polar surface area (TPSA) is 88.8 Å². The zero-order chi connectivity index (χ0) is 24.6. The summed E-state index contributed by atoms with van der Waals surface area (Å²) in [5.74, 6) is 2.16. The summed E-state index contributed by atoms with van der Waals surface area (Å²) in [7, 11) is 0. The van der Waals surface area contributed by atoms with Gasteiger partial charge >= 0.3 is 0 Å². The van der Waals surface area contributed by atoms with Gasteiger partial charge in [0, 0.05) is 30.7 Å². The number of para-hydroxylation sites is 1. The van der Waals surface area contributed by atoms with Gasteiger partial charge in [-0.05, 0) is 59.2 Å². The maximum Gasteiger partial charge on any atom is 0.252 e. The lowest BCUT2D eigenvalue weighted by atomic mass is 10.2. The summed E-state index contributed by atoms with van der Waals surface area (Å²) in [6, 6.07) is 21.5. The van der Waals surface area contributed by atoms with Gasteiger partial charge in [0.1, 0.15) is 5.82 Å². The first kappa shape index (κ1) is 24.0. The lowest BCUT2D eigenvalue weighted by Gasteiger charge is -2.21. The van der Waals surface area contributed by atoms with Gasteiger partial charge in [0.15, 0.2) is 5.82 Å². The van der Waals surface area contributed by atoms with Gasteiger partial charge in [-0.25, -0.2) is 4.98 Å². The lowest BCUT2D eigenvalue weighted by molar-refractivity contribution is 0.0948. The first-order chi connectivity index (χ1) is 17.8. The molecule has 3 heterocycles. The Balaban J connectivity index is 1.20. The third-order valence-electron chi connectivity index (χ3n) is 6.22. The van der Waals surface area contributed by atoms with Crippen LogP contribution in [0.4, 0.5) is 5.82 Å². The van der Waals surface area contributed by atoms with Gasteiger partial charge in [0.05, 0.1) is 17.0 Å². The quantitative estimate of drug-likeness (QED) is 0.353. The second kappa shape index (κ2) is 11.8. The average Bonchev–Trinajstić information content (AvgIpc) is 3.24. The van der Waals surface area contributed by atoms with E-state index in [9.17, 15) is 4.79 Å². The highest BCUT2D eigenvalue weighted by molar-refractivity contribution is 7.98. The van der Waals surface area contributed by atoms with Gasteiger partial charge in [-0.15, -0.1) is 16.9 Å². The Hall–Kier alpha value is -3.72. The molecule has 0 aliphatic carbocycles. The molecule has 2 aromatic heterocycles. The molecule has 0 bridgehead atoms. The summed E-state index contributed by atoms with van der Waals surface area (Å²) in [5, 5.41) is 15.2. The molecule has 1 aliphatic rings. The highest BCUT2D eigenvalue weighted by Gasteiger charge is 2.15. The normalized spacial score (nSPS) is 13.8. The van der Waals surface area contributed by atoms with Crippen molar-refractivity contribution in [2.24, 2.45) is 0 Å². The van der Waals surface area contributed by atoms with Crippen LogP contribution in [0.15, 0.2) is 77.8 Å². The van der Waals surface area contributed by atoms with Gasteiger partial charge in [0.2, 0.25) is 0 Å². The molecule has 0 radical (unpaired) electrons. The van der Waals surface area contributed by atoms with E-state index in [0.717, 1.165) is 40.9 Å². The summed E-state index contributed by atoms with van der Waals surface area (Å²) in [6.07, 6.45) is 6.90. The standard InChI is InChI=1S/C27H29N7OS/c35-27(29-19-21-14-15-25(28-18-21)33-16-8-1-2-9-17-33)23-12-6-7-13-24(23)36-20-26-30-31-32-34(26)22-10-4-3-5-11-22/h3-7,10-15,18H,1-2,8-9,16-17,19-20H2,(H,29,35). The third-order valence-corrected chi connectivity index (χ3v) is 7.29. The van der Waals surface area contributed by atoms with Crippen LogP contribution < -0.4 is 10.2 Å². The van der Waals surface area contributed by atoms with Gasteiger partial charge in [-0.1, -0.05) is 49.2 Å². The summed E-state index contributed by atoms with van der Waals surface area (Å²) in [5.41, 5.74) is 2.52. The zero-order valence-electron chi connectivity index (χ0n) is 20.1. The van der Waals surface area contributed by atoms with Crippen molar-refractivity contribution in [3.05, 3.63) is 89.9 Å². The second-order valence-corrected chi connectivity index (χ2v) is 9.75. The monoisotopic (exact) mass is 499 g/mol. The molecule has 5 rings (SSSR count). The van der Waals surface area contributed by atoms with E-state index < -0.39 is 0 Å². The van der Waals surface area contributed by atoms with E-state index in [-0.39, 0.29) is 5.91 Å². The summed E-state index contributed by atoms with van der Waals surface area (Å²) < 4.78 is 1.72. The SMILES string of the molecule is O=C(NCc1ccc(N2CCCCCC2)nc1)c1ccccc1SCc1nnnn1-c1ccccc1. The Bertz CT molecular complexity index is 1270. The number of hydrogen-bond acceptors (Lipinski definition) is 7. The van der Waals surface area contributed by atoms with Crippen molar-refractivity contribution in [1.29, 1.82) is 0 Å². The number of tetrazole rings is 1. The summed E-state index contributed by atoms with van der Waals surface area (Å²) in [4.78, 5) is 20.9. The molecule has 36 heavy (non-hydrogen) atoms. The number of anilines is 1. The molecule has 9 heteroatoms. The van der Waals surface area contributed by atoms with E-state index in [1.54, 1.807) is 16.4 Å². The van der Waals surface area contributed by atoms with Crippen LogP contribution >= 0.6 is 11.8 Å². The van der Waals surface area contributed by atoms with E-state index in [2.05, 4.69) is 42.9 Å². The fourth-order valence-corrected chi connectivity index (χ4v) is 5.23. The minimum atomic E-state index is -0.114. The maximum atomic E-state index is 13.0. The van der Waals surface area contributed by atoms with E-state index >= 15 is 0 Å². The molecule has 4 aromatic rings. The van der Waals surface area contributed by atoms with Crippen molar-refractivity contribution in [3.63, 3.8) is 0 Å². The first-order valence-corrected chi connectivity index (χ1v) is 13.3.